The van der Waals surface area contributed by atoms with Crippen LogP contribution < -0.4 is 9.47 Å². The summed E-state index contributed by atoms with van der Waals surface area (Å²) in [6.07, 6.45) is -8.72. The normalized spacial score (nSPS) is 11.8. The molecule has 0 saturated heterocycles. The van der Waals surface area contributed by atoms with Gasteiger partial charge in [-0.1, -0.05) is 23.7 Å². The van der Waals surface area contributed by atoms with Crippen molar-refractivity contribution in [1.82, 2.24) is 4.98 Å². The zero-order valence-corrected chi connectivity index (χ0v) is 15.8. The fourth-order valence-corrected chi connectivity index (χ4v) is 2.56. The largest absolute Gasteiger partial charge is 0.437 e. The third kappa shape index (κ3) is 5.66. The van der Waals surface area contributed by atoms with Crippen LogP contribution in [0.3, 0.4) is 0 Å². The van der Waals surface area contributed by atoms with Crippen LogP contribution in [0.2, 0.25) is 5.02 Å². The summed E-state index contributed by atoms with van der Waals surface area (Å²) >= 11 is 5.78. The Morgan fingerprint density at radius 2 is 1.48 bits per heavy atom. The smallest absolute Gasteiger partial charge is 0.417 e. The first-order valence-corrected chi connectivity index (χ1v) is 8.71. The zero-order valence-electron chi connectivity index (χ0n) is 15.1. The molecule has 0 aliphatic heterocycles. The summed E-state index contributed by atoms with van der Waals surface area (Å²) in [5.41, 5.74) is -2.40. The first-order valence-electron chi connectivity index (χ1n) is 8.33. The molecule has 0 aliphatic rings. The van der Waals surface area contributed by atoms with E-state index in [4.69, 9.17) is 21.1 Å². The maximum Gasteiger partial charge on any atom is 0.417 e. The van der Waals surface area contributed by atoms with Crippen molar-refractivity contribution < 1.29 is 40.6 Å². The number of rotatable bonds is 4. The summed E-state index contributed by atoms with van der Waals surface area (Å²) < 4.78 is 86.8. The SMILES string of the molecule is O=C(Oc1cccc(Oc2ncc(C(F)(F)F)cc2Cl)c1)c1cccc(C(F)(F)F)c1. The summed E-state index contributed by atoms with van der Waals surface area (Å²) in [6, 6.07) is 9.63. The molecule has 31 heavy (non-hydrogen) atoms. The van der Waals surface area contributed by atoms with Crippen molar-refractivity contribution in [3.05, 3.63) is 82.5 Å². The number of hydrogen-bond donors (Lipinski definition) is 0. The molecule has 1 aromatic heterocycles. The molecule has 3 rings (SSSR count). The molecule has 0 atom stereocenters. The topological polar surface area (TPSA) is 48.4 Å². The van der Waals surface area contributed by atoms with E-state index in [1.165, 1.54) is 24.3 Å². The second-order valence-electron chi connectivity index (χ2n) is 6.05. The van der Waals surface area contributed by atoms with Gasteiger partial charge in [0.25, 0.3) is 0 Å². The van der Waals surface area contributed by atoms with Gasteiger partial charge in [-0.05, 0) is 36.4 Å². The van der Waals surface area contributed by atoms with E-state index in [0.717, 1.165) is 18.2 Å². The molecule has 2 aromatic carbocycles. The van der Waals surface area contributed by atoms with Gasteiger partial charge in [0.2, 0.25) is 5.88 Å². The molecular weight excluding hydrogens is 452 g/mol. The minimum atomic E-state index is -4.63. The summed E-state index contributed by atoms with van der Waals surface area (Å²) in [7, 11) is 0. The highest BCUT2D eigenvalue weighted by Gasteiger charge is 2.32. The number of benzene rings is 2. The summed E-state index contributed by atoms with van der Waals surface area (Å²) in [5, 5.41) is -0.402. The number of nitrogens with zero attached hydrogens (tertiary/aromatic N) is 1. The number of halogens is 7. The van der Waals surface area contributed by atoms with Gasteiger partial charge in [0.15, 0.2) is 0 Å². The minimum absolute atomic E-state index is 0.0171. The lowest BCUT2D eigenvalue weighted by Crippen LogP contribution is -2.11. The van der Waals surface area contributed by atoms with E-state index >= 15 is 0 Å². The lowest BCUT2D eigenvalue weighted by Gasteiger charge is -2.11. The van der Waals surface area contributed by atoms with Gasteiger partial charge in [-0.2, -0.15) is 26.3 Å². The summed E-state index contributed by atoms with van der Waals surface area (Å²) in [6.45, 7) is 0. The molecule has 0 amide bonds. The van der Waals surface area contributed by atoms with Crippen LogP contribution >= 0.6 is 11.6 Å². The van der Waals surface area contributed by atoms with Gasteiger partial charge >= 0.3 is 18.3 Å². The molecule has 0 spiro atoms. The van der Waals surface area contributed by atoms with Crippen molar-refractivity contribution in [3.8, 4) is 17.4 Å². The van der Waals surface area contributed by atoms with Crippen molar-refractivity contribution in [1.29, 1.82) is 0 Å². The Morgan fingerprint density at radius 3 is 2.13 bits per heavy atom. The third-order valence-electron chi connectivity index (χ3n) is 3.79. The fraction of sp³-hybridized carbons (Fsp3) is 0.100. The standard InChI is InChI=1S/C20H10ClF6NO3/c21-16-8-13(20(25,26)27)10-28-17(16)30-14-5-2-6-15(9-14)31-18(29)11-3-1-4-12(7-11)19(22,23)24/h1-10H. The van der Waals surface area contributed by atoms with Crippen LogP contribution in [-0.4, -0.2) is 11.0 Å². The van der Waals surface area contributed by atoms with Gasteiger partial charge in [0.05, 0.1) is 16.7 Å². The van der Waals surface area contributed by atoms with E-state index in [1.807, 2.05) is 0 Å². The molecule has 0 bridgehead atoms. The summed E-state index contributed by atoms with van der Waals surface area (Å²) in [4.78, 5) is 15.7. The van der Waals surface area contributed by atoms with Gasteiger partial charge < -0.3 is 9.47 Å². The van der Waals surface area contributed by atoms with Crippen molar-refractivity contribution >= 4 is 17.6 Å². The average molecular weight is 462 g/mol. The van der Waals surface area contributed by atoms with Crippen LogP contribution in [0.1, 0.15) is 21.5 Å². The van der Waals surface area contributed by atoms with Gasteiger partial charge in [-0.25, -0.2) is 9.78 Å². The number of ether oxygens (including phenoxy) is 2. The van der Waals surface area contributed by atoms with E-state index in [1.54, 1.807) is 0 Å². The van der Waals surface area contributed by atoms with Crippen molar-refractivity contribution in [2.75, 3.05) is 0 Å². The van der Waals surface area contributed by atoms with Crippen LogP contribution in [-0.2, 0) is 12.4 Å². The fourth-order valence-electron chi connectivity index (χ4n) is 2.36. The molecule has 1 heterocycles. The predicted molar refractivity (Wildman–Crippen MR) is 97.2 cm³/mol. The summed E-state index contributed by atoms with van der Waals surface area (Å²) in [5.74, 6) is -1.43. The number of carbonyl (C=O) groups excluding carboxylic acids is 1. The number of aromatic nitrogens is 1. The van der Waals surface area contributed by atoms with E-state index in [9.17, 15) is 31.1 Å². The van der Waals surface area contributed by atoms with Crippen LogP contribution in [0, 0.1) is 0 Å². The van der Waals surface area contributed by atoms with Crippen molar-refractivity contribution in [3.63, 3.8) is 0 Å². The van der Waals surface area contributed by atoms with Gasteiger partial charge in [-0.3, -0.25) is 0 Å². The van der Waals surface area contributed by atoms with Crippen LogP contribution in [0.5, 0.6) is 17.4 Å². The lowest BCUT2D eigenvalue weighted by atomic mass is 10.1. The molecular formula is C20H10ClF6NO3. The molecule has 0 fully saturated rings. The van der Waals surface area contributed by atoms with Crippen LogP contribution in [0.25, 0.3) is 0 Å². The van der Waals surface area contributed by atoms with Gasteiger partial charge in [-0.15, -0.1) is 0 Å². The zero-order chi connectivity index (χ0) is 22.8. The lowest BCUT2D eigenvalue weighted by molar-refractivity contribution is -0.138. The van der Waals surface area contributed by atoms with Crippen LogP contribution in [0.15, 0.2) is 60.8 Å². The number of pyridine rings is 1. The van der Waals surface area contributed by atoms with E-state index in [2.05, 4.69) is 4.98 Å². The second-order valence-corrected chi connectivity index (χ2v) is 6.46. The minimum Gasteiger partial charge on any atom is -0.437 e. The Balaban J connectivity index is 1.76. The van der Waals surface area contributed by atoms with Gasteiger partial charge in [0, 0.05) is 12.3 Å². The molecule has 0 unspecified atom stereocenters. The molecule has 11 heteroatoms. The van der Waals surface area contributed by atoms with Crippen molar-refractivity contribution in [2.45, 2.75) is 12.4 Å². The molecule has 4 nitrogen and oxygen atoms in total. The monoisotopic (exact) mass is 461 g/mol. The maximum atomic E-state index is 12.8. The first kappa shape index (κ1) is 22.4. The van der Waals surface area contributed by atoms with Gasteiger partial charge in [0.1, 0.15) is 16.5 Å². The Hall–Kier alpha value is -3.27. The molecule has 0 saturated carbocycles. The second kappa shape index (κ2) is 8.46. The quantitative estimate of drug-likeness (QED) is 0.244. The predicted octanol–water partition coefficient (Wildman–Crippen LogP) is 6.78. The highest BCUT2D eigenvalue weighted by atomic mass is 35.5. The van der Waals surface area contributed by atoms with Crippen LogP contribution in [0.4, 0.5) is 26.3 Å². The first-order chi connectivity index (χ1) is 14.4. The maximum absolute atomic E-state index is 12.8. The Morgan fingerprint density at radius 1 is 0.839 bits per heavy atom. The molecule has 0 aliphatic carbocycles. The third-order valence-corrected chi connectivity index (χ3v) is 4.06. The van der Waals surface area contributed by atoms with E-state index in [-0.39, 0.29) is 22.9 Å². The number of esters is 1. The van der Waals surface area contributed by atoms with Crippen molar-refractivity contribution in [2.24, 2.45) is 0 Å². The number of hydrogen-bond acceptors (Lipinski definition) is 4. The molecule has 0 N–H and O–H groups in total. The Kier molecular flexibility index (Phi) is 6.12. The average Bonchev–Trinajstić information content (AvgIpc) is 2.68. The molecule has 3 aromatic rings. The van der Waals surface area contributed by atoms with E-state index in [0.29, 0.717) is 18.3 Å². The highest BCUT2D eigenvalue weighted by molar-refractivity contribution is 6.31. The molecule has 0 radical (unpaired) electrons. The highest BCUT2D eigenvalue weighted by Crippen LogP contribution is 2.35. The number of carbonyl (C=O) groups is 1. The van der Waals surface area contributed by atoms with E-state index < -0.39 is 34.5 Å². The Labute approximate surface area is 176 Å². The Bertz CT molecular complexity index is 1110. The number of alkyl halides is 6. The molecule has 162 valence electrons.